The molecule has 1 unspecified atom stereocenters. The molecule has 0 radical (unpaired) electrons. The number of hydrogen-bond acceptors (Lipinski definition) is 4. The molecule has 0 aliphatic rings. The fraction of sp³-hybridized carbons (Fsp3) is 0.750. The lowest BCUT2D eigenvalue weighted by Gasteiger charge is -2.07. The van der Waals surface area contributed by atoms with Gasteiger partial charge in [-0.05, 0) is 5.75 Å². The summed E-state index contributed by atoms with van der Waals surface area (Å²) in [5.41, 5.74) is 6.88. The maximum atomic E-state index is 5.90. The average molecular weight is 200 g/mol. The van der Waals surface area contributed by atoms with E-state index in [1.807, 2.05) is 25.0 Å². The molecule has 0 bridgehead atoms. The number of rotatable bonds is 5. The molecule has 1 aromatic heterocycles. The van der Waals surface area contributed by atoms with Crippen LogP contribution in [0.2, 0.25) is 0 Å². The Kier molecular flexibility index (Phi) is 4.24. The van der Waals surface area contributed by atoms with Crippen LogP contribution < -0.4 is 5.73 Å². The molecule has 1 atom stereocenters. The second-order valence-electron chi connectivity index (χ2n) is 3.01. The van der Waals surface area contributed by atoms with Crippen molar-refractivity contribution in [3.63, 3.8) is 0 Å². The van der Waals surface area contributed by atoms with Gasteiger partial charge in [-0.25, -0.2) is 0 Å². The Morgan fingerprint density at radius 2 is 2.46 bits per heavy atom. The summed E-state index contributed by atoms with van der Waals surface area (Å²) in [6.07, 6.45) is 2.73. The molecule has 5 heteroatoms. The van der Waals surface area contributed by atoms with Gasteiger partial charge in [0.2, 0.25) is 0 Å². The first kappa shape index (κ1) is 10.5. The van der Waals surface area contributed by atoms with Crippen molar-refractivity contribution < 1.29 is 0 Å². The smallest absolute Gasteiger partial charge is 0.0842 e. The van der Waals surface area contributed by atoms with Gasteiger partial charge in [0.25, 0.3) is 0 Å². The molecule has 0 spiro atoms. The van der Waals surface area contributed by atoms with Crippen LogP contribution in [0.3, 0.4) is 0 Å². The fourth-order valence-corrected chi connectivity index (χ4v) is 1.74. The molecule has 1 heterocycles. The minimum absolute atomic E-state index is 0.196. The van der Waals surface area contributed by atoms with E-state index in [2.05, 4.69) is 17.2 Å². The Morgan fingerprint density at radius 1 is 1.69 bits per heavy atom. The summed E-state index contributed by atoms with van der Waals surface area (Å²) in [6.45, 7) is 2.14. The van der Waals surface area contributed by atoms with Gasteiger partial charge in [0.1, 0.15) is 0 Å². The molecule has 0 saturated heterocycles. The Bertz CT molecular complexity index is 248. The summed E-state index contributed by atoms with van der Waals surface area (Å²) in [5.74, 6) is 2.11. The van der Waals surface area contributed by atoms with Crippen LogP contribution in [0.15, 0.2) is 6.20 Å². The first-order valence-corrected chi connectivity index (χ1v) is 5.56. The lowest BCUT2D eigenvalue weighted by atomic mass is 10.2. The molecule has 0 fully saturated rings. The highest BCUT2D eigenvalue weighted by Gasteiger charge is 2.06. The van der Waals surface area contributed by atoms with Crippen LogP contribution in [-0.2, 0) is 13.5 Å². The van der Waals surface area contributed by atoms with Crippen molar-refractivity contribution in [1.82, 2.24) is 15.0 Å². The van der Waals surface area contributed by atoms with E-state index in [0.29, 0.717) is 0 Å². The minimum atomic E-state index is 0.196. The van der Waals surface area contributed by atoms with Gasteiger partial charge >= 0.3 is 0 Å². The predicted molar refractivity (Wildman–Crippen MR) is 55.7 cm³/mol. The average Bonchev–Trinajstić information content (AvgIpc) is 2.48. The van der Waals surface area contributed by atoms with Gasteiger partial charge in [-0.2, -0.15) is 11.8 Å². The fourth-order valence-electron chi connectivity index (χ4n) is 1.09. The molecule has 0 aliphatic carbocycles. The number of nitrogens with two attached hydrogens (primary N) is 1. The molecule has 0 aliphatic heterocycles. The highest BCUT2D eigenvalue weighted by molar-refractivity contribution is 7.99. The van der Waals surface area contributed by atoms with Crippen molar-refractivity contribution in [2.24, 2.45) is 12.8 Å². The molecule has 0 amide bonds. The predicted octanol–water partition coefficient (Wildman–Crippen LogP) is 0.438. The summed E-state index contributed by atoms with van der Waals surface area (Å²) in [4.78, 5) is 0. The molecule has 0 saturated carbocycles. The molecular formula is C8H16N4S. The highest BCUT2D eigenvalue weighted by Crippen LogP contribution is 2.04. The SMILES string of the molecule is CCSCC(N)Cc1cn(C)nn1. The second-order valence-corrected chi connectivity index (χ2v) is 4.33. The minimum Gasteiger partial charge on any atom is -0.327 e. The van der Waals surface area contributed by atoms with Gasteiger partial charge in [-0.3, -0.25) is 4.68 Å². The van der Waals surface area contributed by atoms with Crippen LogP contribution >= 0.6 is 11.8 Å². The lowest BCUT2D eigenvalue weighted by Crippen LogP contribution is -2.25. The van der Waals surface area contributed by atoms with E-state index in [1.54, 1.807) is 4.68 Å². The Balaban J connectivity index is 2.31. The van der Waals surface area contributed by atoms with Gasteiger partial charge in [-0.1, -0.05) is 12.1 Å². The van der Waals surface area contributed by atoms with Crippen LogP contribution in [0.4, 0.5) is 0 Å². The van der Waals surface area contributed by atoms with Crippen LogP contribution in [0.5, 0.6) is 0 Å². The maximum absolute atomic E-state index is 5.90. The summed E-state index contributed by atoms with van der Waals surface area (Å²) in [6, 6.07) is 0.196. The zero-order chi connectivity index (χ0) is 9.68. The van der Waals surface area contributed by atoms with Gasteiger partial charge in [0.05, 0.1) is 5.69 Å². The Morgan fingerprint density at radius 3 is 3.00 bits per heavy atom. The summed E-state index contributed by atoms with van der Waals surface area (Å²) >= 11 is 1.86. The van der Waals surface area contributed by atoms with Crippen molar-refractivity contribution in [3.8, 4) is 0 Å². The van der Waals surface area contributed by atoms with Crippen molar-refractivity contribution in [2.45, 2.75) is 19.4 Å². The number of nitrogens with zero attached hydrogens (tertiary/aromatic N) is 3. The van der Waals surface area contributed by atoms with E-state index < -0.39 is 0 Å². The van der Waals surface area contributed by atoms with Crippen LogP contribution in [0.1, 0.15) is 12.6 Å². The standard InChI is InChI=1S/C8H16N4S/c1-3-13-6-7(9)4-8-5-12(2)11-10-8/h5,7H,3-4,6,9H2,1-2H3. The van der Waals surface area contributed by atoms with E-state index in [9.17, 15) is 0 Å². The van der Waals surface area contributed by atoms with Crippen molar-refractivity contribution in [3.05, 3.63) is 11.9 Å². The first-order chi connectivity index (χ1) is 6.22. The summed E-state index contributed by atoms with van der Waals surface area (Å²) in [7, 11) is 1.86. The van der Waals surface area contributed by atoms with Crippen molar-refractivity contribution in [2.75, 3.05) is 11.5 Å². The van der Waals surface area contributed by atoms with Crippen LogP contribution in [0, 0.1) is 0 Å². The van der Waals surface area contributed by atoms with E-state index in [1.165, 1.54) is 0 Å². The number of hydrogen-bond donors (Lipinski definition) is 1. The van der Waals surface area contributed by atoms with Gasteiger partial charge in [0, 0.05) is 31.5 Å². The van der Waals surface area contributed by atoms with Gasteiger partial charge < -0.3 is 5.73 Å². The molecule has 1 aromatic rings. The molecule has 0 aromatic carbocycles. The van der Waals surface area contributed by atoms with Crippen LogP contribution in [0.25, 0.3) is 0 Å². The lowest BCUT2D eigenvalue weighted by molar-refractivity contribution is 0.704. The van der Waals surface area contributed by atoms with Crippen molar-refractivity contribution >= 4 is 11.8 Å². The largest absolute Gasteiger partial charge is 0.327 e. The van der Waals surface area contributed by atoms with E-state index in [0.717, 1.165) is 23.6 Å². The van der Waals surface area contributed by atoms with E-state index >= 15 is 0 Å². The molecule has 2 N–H and O–H groups in total. The third kappa shape index (κ3) is 3.78. The number of aromatic nitrogens is 3. The van der Waals surface area contributed by atoms with Crippen molar-refractivity contribution in [1.29, 1.82) is 0 Å². The second kappa shape index (κ2) is 5.24. The highest BCUT2D eigenvalue weighted by atomic mass is 32.2. The van der Waals surface area contributed by atoms with Crippen LogP contribution in [-0.4, -0.2) is 32.5 Å². The number of thioether (sulfide) groups is 1. The zero-order valence-corrected chi connectivity index (χ0v) is 8.92. The Labute approximate surface area is 82.9 Å². The molecular weight excluding hydrogens is 184 g/mol. The third-order valence-corrected chi connectivity index (χ3v) is 2.73. The number of aryl methyl sites for hydroxylation is 1. The first-order valence-electron chi connectivity index (χ1n) is 4.41. The normalized spacial score (nSPS) is 13.2. The summed E-state index contributed by atoms with van der Waals surface area (Å²) < 4.78 is 1.70. The van der Waals surface area contributed by atoms with Gasteiger partial charge in [-0.15, -0.1) is 5.10 Å². The zero-order valence-electron chi connectivity index (χ0n) is 8.10. The van der Waals surface area contributed by atoms with E-state index in [-0.39, 0.29) is 6.04 Å². The summed E-state index contributed by atoms with van der Waals surface area (Å²) in [5, 5.41) is 7.84. The molecule has 1 rings (SSSR count). The third-order valence-electron chi connectivity index (χ3n) is 1.66. The van der Waals surface area contributed by atoms with Gasteiger partial charge in [0.15, 0.2) is 0 Å². The monoisotopic (exact) mass is 200 g/mol. The maximum Gasteiger partial charge on any atom is 0.0842 e. The molecule has 4 nitrogen and oxygen atoms in total. The molecule has 13 heavy (non-hydrogen) atoms. The molecule has 74 valence electrons. The quantitative estimate of drug-likeness (QED) is 0.749. The topological polar surface area (TPSA) is 56.7 Å². The van der Waals surface area contributed by atoms with E-state index in [4.69, 9.17) is 5.73 Å². The Hall–Kier alpha value is -0.550.